The molecule has 1 aromatic rings. The molecule has 0 aromatic carbocycles. The predicted molar refractivity (Wildman–Crippen MR) is 92.3 cm³/mol. The molecule has 1 fully saturated rings. The topological polar surface area (TPSA) is 93.5 Å². The Hall–Kier alpha value is -1.45. The van der Waals surface area contributed by atoms with Crippen LogP contribution in [-0.2, 0) is 26.1 Å². The number of nitrogens with one attached hydrogen (secondary N) is 1. The maximum atomic E-state index is 12.4. The third kappa shape index (κ3) is 4.39. The molecular formula is C16H26N4O4S. The first kappa shape index (κ1) is 18.3. The second-order valence-corrected chi connectivity index (χ2v) is 8.94. The maximum absolute atomic E-state index is 12.4. The smallest absolute Gasteiger partial charge is 0.222 e. The summed E-state index contributed by atoms with van der Waals surface area (Å²) in [5, 5.41) is 7.27. The highest BCUT2D eigenvalue weighted by Gasteiger charge is 2.32. The first-order valence-corrected chi connectivity index (χ1v) is 10.4. The Morgan fingerprint density at radius 1 is 1.40 bits per heavy atom. The molecule has 0 aliphatic carbocycles. The zero-order valence-corrected chi connectivity index (χ0v) is 15.4. The Kier molecular flexibility index (Phi) is 5.75. The van der Waals surface area contributed by atoms with Crippen molar-refractivity contribution < 1.29 is 17.9 Å². The fourth-order valence-electron chi connectivity index (χ4n) is 3.39. The number of sulfonamides is 1. The van der Waals surface area contributed by atoms with E-state index >= 15 is 0 Å². The van der Waals surface area contributed by atoms with Gasteiger partial charge >= 0.3 is 0 Å². The van der Waals surface area contributed by atoms with Crippen molar-refractivity contribution in [3.8, 4) is 0 Å². The molecule has 1 atom stereocenters. The van der Waals surface area contributed by atoms with Crippen LogP contribution in [0.25, 0.3) is 0 Å². The number of nitrogens with zero attached hydrogens (tertiary/aromatic N) is 3. The molecule has 0 radical (unpaired) electrons. The summed E-state index contributed by atoms with van der Waals surface area (Å²) in [7, 11) is -3.29. The van der Waals surface area contributed by atoms with Crippen molar-refractivity contribution in [2.45, 2.75) is 38.8 Å². The number of rotatable bonds is 6. The van der Waals surface area contributed by atoms with E-state index in [4.69, 9.17) is 4.74 Å². The van der Waals surface area contributed by atoms with E-state index in [1.807, 2.05) is 6.07 Å². The van der Waals surface area contributed by atoms with Crippen LogP contribution >= 0.6 is 0 Å². The Morgan fingerprint density at radius 2 is 2.16 bits per heavy atom. The molecule has 3 heterocycles. The number of hydrogen-bond acceptors (Lipinski definition) is 5. The quantitative estimate of drug-likeness (QED) is 0.788. The summed E-state index contributed by atoms with van der Waals surface area (Å²) >= 11 is 0. The number of carbonyl (C=O) groups excluding carboxylic acids is 1. The molecular weight excluding hydrogens is 344 g/mol. The van der Waals surface area contributed by atoms with Crippen LogP contribution in [0.4, 0.5) is 0 Å². The van der Waals surface area contributed by atoms with Gasteiger partial charge in [-0.1, -0.05) is 0 Å². The van der Waals surface area contributed by atoms with Crippen LogP contribution in [0.2, 0.25) is 0 Å². The van der Waals surface area contributed by atoms with Crippen LogP contribution < -0.4 is 5.32 Å². The van der Waals surface area contributed by atoms with Gasteiger partial charge < -0.3 is 10.1 Å². The number of fused-ring (bicyclic) bond motifs is 1. The Morgan fingerprint density at radius 3 is 2.88 bits per heavy atom. The predicted octanol–water partition coefficient (Wildman–Crippen LogP) is 0.522. The highest BCUT2D eigenvalue weighted by Crippen LogP contribution is 2.25. The third-order valence-electron chi connectivity index (χ3n) is 4.96. The van der Waals surface area contributed by atoms with Crippen molar-refractivity contribution in [1.82, 2.24) is 19.4 Å². The van der Waals surface area contributed by atoms with E-state index < -0.39 is 10.0 Å². The van der Waals surface area contributed by atoms with Gasteiger partial charge in [-0.2, -0.15) is 9.40 Å². The fraction of sp³-hybridized carbons (Fsp3) is 0.750. The number of carbonyl (C=O) groups is 1. The van der Waals surface area contributed by atoms with Gasteiger partial charge in [0.05, 0.1) is 30.5 Å². The van der Waals surface area contributed by atoms with Crippen LogP contribution in [0.5, 0.6) is 0 Å². The molecule has 140 valence electrons. The summed E-state index contributed by atoms with van der Waals surface area (Å²) in [6, 6.07) is 1.54. The van der Waals surface area contributed by atoms with Crippen molar-refractivity contribution in [2.24, 2.45) is 5.92 Å². The van der Waals surface area contributed by atoms with Gasteiger partial charge in [0.2, 0.25) is 15.9 Å². The lowest BCUT2D eigenvalue weighted by atomic mass is 10.0. The van der Waals surface area contributed by atoms with E-state index in [9.17, 15) is 13.2 Å². The van der Waals surface area contributed by atoms with Gasteiger partial charge in [0, 0.05) is 32.5 Å². The highest BCUT2D eigenvalue weighted by molar-refractivity contribution is 7.89. The number of amides is 1. The lowest BCUT2D eigenvalue weighted by Crippen LogP contribution is -2.43. The second kappa shape index (κ2) is 7.84. The molecule has 1 unspecified atom stereocenters. The molecule has 2 aliphatic rings. The maximum Gasteiger partial charge on any atom is 0.222 e. The van der Waals surface area contributed by atoms with Gasteiger partial charge in [-0.05, 0) is 31.7 Å². The van der Waals surface area contributed by atoms with E-state index in [1.54, 1.807) is 17.8 Å². The van der Waals surface area contributed by atoms with Crippen LogP contribution in [-0.4, -0.2) is 60.5 Å². The Labute approximate surface area is 148 Å². The highest BCUT2D eigenvalue weighted by atomic mass is 32.2. The SMILES string of the molecule is CCS(=O)(=O)N1Cc2ccnn2C(CC(=O)NCC2CCOCC2)C1. The summed E-state index contributed by atoms with van der Waals surface area (Å²) in [4.78, 5) is 12.4. The molecule has 2 aliphatic heterocycles. The zero-order chi connectivity index (χ0) is 17.9. The van der Waals surface area contributed by atoms with Crippen molar-refractivity contribution in [3.05, 3.63) is 18.0 Å². The minimum Gasteiger partial charge on any atom is -0.381 e. The van der Waals surface area contributed by atoms with Crippen molar-refractivity contribution >= 4 is 15.9 Å². The van der Waals surface area contributed by atoms with E-state index in [0.717, 1.165) is 31.7 Å². The molecule has 1 aromatic heterocycles. The molecule has 0 saturated carbocycles. The minimum absolute atomic E-state index is 0.0593. The van der Waals surface area contributed by atoms with Crippen LogP contribution in [0.15, 0.2) is 12.3 Å². The number of hydrogen-bond donors (Lipinski definition) is 1. The van der Waals surface area contributed by atoms with Gasteiger partial charge in [0.15, 0.2) is 0 Å². The second-order valence-electron chi connectivity index (χ2n) is 6.68. The lowest BCUT2D eigenvalue weighted by molar-refractivity contribution is -0.122. The summed E-state index contributed by atoms with van der Waals surface area (Å²) in [6.07, 6.45) is 3.82. The van der Waals surface area contributed by atoms with Crippen LogP contribution in [0.1, 0.15) is 37.9 Å². The molecule has 3 rings (SSSR count). The molecule has 9 heteroatoms. The molecule has 8 nitrogen and oxygen atoms in total. The van der Waals surface area contributed by atoms with Gasteiger partial charge in [-0.15, -0.1) is 0 Å². The standard InChI is InChI=1S/C16H26N4O4S/c1-2-25(22,23)19-11-14-3-6-18-20(14)15(12-19)9-16(21)17-10-13-4-7-24-8-5-13/h3,6,13,15H,2,4-5,7-12H2,1H3,(H,17,21). The summed E-state index contributed by atoms with van der Waals surface area (Å²) < 4.78 is 33.0. The van der Waals surface area contributed by atoms with E-state index in [0.29, 0.717) is 19.0 Å². The molecule has 0 bridgehead atoms. The summed E-state index contributed by atoms with van der Waals surface area (Å²) in [5.41, 5.74) is 0.825. The molecule has 1 amide bonds. The average Bonchev–Trinajstić information content (AvgIpc) is 3.10. The van der Waals surface area contributed by atoms with Crippen LogP contribution in [0.3, 0.4) is 0 Å². The average molecular weight is 370 g/mol. The third-order valence-corrected chi connectivity index (χ3v) is 6.75. The monoisotopic (exact) mass is 370 g/mol. The molecule has 25 heavy (non-hydrogen) atoms. The molecule has 1 N–H and O–H groups in total. The van der Waals surface area contributed by atoms with Gasteiger partial charge in [0.25, 0.3) is 0 Å². The normalized spacial score (nSPS) is 22.5. The first-order valence-electron chi connectivity index (χ1n) is 8.84. The zero-order valence-electron chi connectivity index (χ0n) is 14.6. The van der Waals surface area contributed by atoms with Gasteiger partial charge in [-0.3, -0.25) is 9.48 Å². The van der Waals surface area contributed by atoms with Crippen molar-refractivity contribution in [2.75, 3.05) is 32.1 Å². The molecule has 0 spiro atoms. The van der Waals surface area contributed by atoms with Crippen molar-refractivity contribution in [1.29, 1.82) is 0 Å². The van der Waals surface area contributed by atoms with E-state index in [1.165, 1.54) is 4.31 Å². The van der Waals surface area contributed by atoms with E-state index in [-0.39, 0.29) is 30.7 Å². The van der Waals surface area contributed by atoms with E-state index in [2.05, 4.69) is 10.4 Å². The number of ether oxygens (including phenoxy) is 1. The van der Waals surface area contributed by atoms with Gasteiger partial charge in [0.1, 0.15) is 0 Å². The summed E-state index contributed by atoms with van der Waals surface area (Å²) in [6.45, 7) is 4.40. The van der Waals surface area contributed by atoms with Crippen molar-refractivity contribution in [3.63, 3.8) is 0 Å². The van der Waals surface area contributed by atoms with Crippen LogP contribution in [0, 0.1) is 5.92 Å². The largest absolute Gasteiger partial charge is 0.381 e. The summed E-state index contributed by atoms with van der Waals surface area (Å²) in [5.74, 6) is 0.457. The first-order chi connectivity index (χ1) is 12.0. The lowest BCUT2D eigenvalue weighted by Gasteiger charge is -2.32. The minimum atomic E-state index is -3.29. The number of aromatic nitrogens is 2. The van der Waals surface area contributed by atoms with Gasteiger partial charge in [-0.25, -0.2) is 8.42 Å². The Balaban J connectivity index is 1.61. The fourth-order valence-corrected chi connectivity index (χ4v) is 4.49. The molecule has 1 saturated heterocycles. The Bertz CT molecular complexity index is 697.